The normalized spacial score (nSPS) is 16.1. The van der Waals surface area contributed by atoms with Crippen LogP contribution in [-0.2, 0) is 6.42 Å². The Morgan fingerprint density at radius 1 is 1.30 bits per heavy atom. The molecule has 3 heterocycles. The molecule has 0 unspecified atom stereocenters. The molecular formula is C21H25N3O2S. The van der Waals surface area contributed by atoms with E-state index in [9.17, 15) is 4.79 Å². The summed E-state index contributed by atoms with van der Waals surface area (Å²) in [5.74, 6) is 0.799. The van der Waals surface area contributed by atoms with Gasteiger partial charge in [0.2, 0.25) is 0 Å². The number of benzene rings is 1. The van der Waals surface area contributed by atoms with Crippen LogP contribution in [0.3, 0.4) is 0 Å². The number of piperidine rings is 1. The second-order valence-electron chi connectivity index (χ2n) is 7.16. The zero-order valence-electron chi connectivity index (χ0n) is 16.1. The number of hydrogen-bond donors (Lipinski definition) is 0. The first-order valence-electron chi connectivity index (χ1n) is 9.47. The number of nitrogens with zero attached hydrogens (tertiary/aromatic N) is 3. The van der Waals surface area contributed by atoms with Crippen molar-refractivity contribution in [3.05, 3.63) is 45.8 Å². The van der Waals surface area contributed by atoms with Gasteiger partial charge in [0.05, 0.1) is 18.8 Å². The summed E-state index contributed by atoms with van der Waals surface area (Å²) in [6.45, 7) is 4.16. The SMILES string of the molecule is CCc1sc2ncn(C3CCN(C)CC3)c(=O)c2c1-c1cccc(OC)c1. The highest BCUT2D eigenvalue weighted by molar-refractivity contribution is 7.19. The number of methoxy groups -OCH3 is 1. The second kappa shape index (κ2) is 7.44. The lowest BCUT2D eigenvalue weighted by molar-refractivity contribution is 0.218. The first-order chi connectivity index (χ1) is 13.1. The van der Waals surface area contributed by atoms with Crippen molar-refractivity contribution in [2.75, 3.05) is 27.2 Å². The van der Waals surface area contributed by atoms with Crippen LogP contribution in [-0.4, -0.2) is 41.7 Å². The van der Waals surface area contributed by atoms with Crippen LogP contribution in [0, 0.1) is 0 Å². The molecule has 0 amide bonds. The molecule has 2 aromatic heterocycles. The van der Waals surface area contributed by atoms with Gasteiger partial charge in [-0.15, -0.1) is 11.3 Å². The van der Waals surface area contributed by atoms with E-state index in [4.69, 9.17) is 4.74 Å². The topological polar surface area (TPSA) is 47.4 Å². The van der Waals surface area contributed by atoms with E-state index in [2.05, 4.69) is 29.9 Å². The fourth-order valence-corrected chi connectivity index (χ4v) is 5.01. The average Bonchev–Trinajstić information content (AvgIpc) is 3.09. The van der Waals surface area contributed by atoms with Crippen molar-refractivity contribution in [2.45, 2.75) is 32.2 Å². The van der Waals surface area contributed by atoms with Crippen molar-refractivity contribution in [3.8, 4) is 16.9 Å². The van der Waals surface area contributed by atoms with Gasteiger partial charge in [0.1, 0.15) is 10.6 Å². The maximum atomic E-state index is 13.5. The second-order valence-corrected chi connectivity index (χ2v) is 8.24. The Bertz CT molecular complexity index is 1020. The molecule has 0 saturated carbocycles. The maximum absolute atomic E-state index is 13.5. The molecule has 6 heteroatoms. The first-order valence-corrected chi connectivity index (χ1v) is 10.3. The highest BCUT2D eigenvalue weighted by atomic mass is 32.1. The van der Waals surface area contributed by atoms with Gasteiger partial charge in [-0.05, 0) is 57.1 Å². The van der Waals surface area contributed by atoms with Gasteiger partial charge in [-0.3, -0.25) is 9.36 Å². The minimum atomic E-state index is 0.0864. The zero-order chi connectivity index (χ0) is 19.0. The first kappa shape index (κ1) is 18.2. The van der Waals surface area contributed by atoms with Crippen LogP contribution in [0.5, 0.6) is 5.75 Å². The van der Waals surface area contributed by atoms with Gasteiger partial charge >= 0.3 is 0 Å². The summed E-state index contributed by atoms with van der Waals surface area (Å²) in [7, 11) is 3.80. The maximum Gasteiger partial charge on any atom is 0.262 e. The van der Waals surface area contributed by atoms with E-state index in [1.807, 2.05) is 22.8 Å². The standard InChI is InChI=1S/C21H25N3O2S/c1-4-17-18(14-6-5-7-16(12-14)26-3)19-20(27-17)22-13-24(21(19)25)15-8-10-23(2)11-9-15/h5-7,12-13,15H,4,8-11H2,1-3H3. The number of rotatable bonds is 4. The molecule has 1 saturated heterocycles. The molecule has 0 atom stereocenters. The molecule has 5 nitrogen and oxygen atoms in total. The van der Waals surface area contributed by atoms with Crippen molar-refractivity contribution in [3.63, 3.8) is 0 Å². The van der Waals surface area contributed by atoms with Crippen molar-refractivity contribution < 1.29 is 4.74 Å². The number of likely N-dealkylation sites (tertiary alicyclic amines) is 1. The number of thiophene rings is 1. The third-order valence-corrected chi connectivity index (χ3v) is 6.71. The fraction of sp³-hybridized carbons (Fsp3) is 0.429. The number of aryl methyl sites for hydroxylation is 1. The van der Waals surface area contributed by atoms with Gasteiger partial charge in [0.15, 0.2) is 0 Å². The van der Waals surface area contributed by atoms with Crippen molar-refractivity contribution in [2.24, 2.45) is 0 Å². The van der Waals surface area contributed by atoms with Crippen LogP contribution >= 0.6 is 11.3 Å². The Morgan fingerprint density at radius 3 is 2.78 bits per heavy atom. The van der Waals surface area contributed by atoms with Gasteiger partial charge in [-0.2, -0.15) is 0 Å². The molecule has 0 aliphatic carbocycles. The molecule has 27 heavy (non-hydrogen) atoms. The summed E-state index contributed by atoms with van der Waals surface area (Å²) in [6, 6.07) is 8.19. The highest BCUT2D eigenvalue weighted by Crippen LogP contribution is 2.38. The van der Waals surface area contributed by atoms with E-state index in [0.717, 1.165) is 59.4 Å². The molecule has 1 fully saturated rings. The minimum absolute atomic E-state index is 0.0864. The van der Waals surface area contributed by atoms with Crippen LogP contribution < -0.4 is 10.3 Å². The van der Waals surface area contributed by atoms with E-state index in [0.29, 0.717) is 0 Å². The van der Waals surface area contributed by atoms with E-state index in [1.165, 1.54) is 4.88 Å². The van der Waals surface area contributed by atoms with Crippen LogP contribution in [0.1, 0.15) is 30.7 Å². The largest absolute Gasteiger partial charge is 0.497 e. The van der Waals surface area contributed by atoms with E-state index in [-0.39, 0.29) is 11.6 Å². The Hall–Kier alpha value is -2.18. The van der Waals surface area contributed by atoms with Crippen LogP contribution in [0.4, 0.5) is 0 Å². The lowest BCUT2D eigenvalue weighted by Crippen LogP contribution is -2.35. The molecular weight excluding hydrogens is 358 g/mol. The van der Waals surface area contributed by atoms with E-state index in [1.54, 1.807) is 24.8 Å². The number of aromatic nitrogens is 2. The lowest BCUT2D eigenvalue weighted by atomic mass is 10.0. The molecule has 0 bridgehead atoms. The fourth-order valence-electron chi connectivity index (χ4n) is 3.92. The molecule has 4 rings (SSSR count). The zero-order valence-corrected chi connectivity index (χ0v) is 16.9. The predicted molar refractivity (Wildman–Crippen MR) is 111 cm³/mol. The molecule has 1 aromatic carbocycles. The quantitative estimate of drug-likeness (QED) is 0.684. The van der Waals surface area contributed by atoms with Crippen molar-refractivity contribution >= 4 is 21.6 Å². The van der Waals surface area contributed by atoms with Crippen LogP contribution in [0.25, 0.3) is 21.3 Å². The Morgan fingerprint density at radius 2 is 2.07 bits per heavy atom. The Kier molecular flexibility index (Phi) is 5.02. The third kappa shape index (κ3) is 3.28. The molecule has 3 aromatic rings. The van der Waals surface area contributed by atoms with Gasteiger partial charge < -0.3 is 9.64 Å². The van der Waals surface area contributed by atoms with Crippen molar-refractivity contribution in [1.82, 2.24) is 14.5 Å². The Labute approximate surface area is 163 Å². The van der Waals surface area contributed by atoms with Crippen LogP contribution in [0.15, 0.2) is 35.4 Å². The number of ether oxygens (including phenoxy) is 1. The monoisotopic (exact) mass is 383 g/mol. The molecule has 0 radical (unpaired) electrons. The predicted octanol–water partition coefficient (Wildman–Crippen LogP) is 3.96. The summed E-state index contributed by atoms with van der Waals surface area (Å²) < 4.78 is 7.26. The molecule has 0 spiro atoms. The summed E-state index contributed by atoms with van der Waals surface area (Å²) in [5, 5.41) is 0.756. The van der Waals surface area contributed by atoms with Gasteiger partial charge in [-0.1, -0.05) is 19.1 Å². The molecule has 1 aliphatic heterocycles. The number of fused-ring (bicyclic) bond motifs is 1. The van der Waals surface area contributed by atoms with Crippen molar-refractivity contribution in [1.29, 1.82) is 0 Å². The highest BCUT2D eigenvalue weighted by Gasteiger charge is 2.23. The lowest BCUT2D eigenvalue weighted by Gasteiger charge is -2.29. The average molecular weight is 384 g/mol. The van der Waals surface area contributed by atoms with Gasteiger partial charge in [-0.25, -0.2) is 4.98 Å². The summed E-state index contributed by atoms with van der Waals surface area (Å²) in [6.07, 6.45) is 4.61. The number of hydrogen-bond acceptors (Lipinski definition) is 5. The van der Waals surface area contributed by atoms with E-state index >= 15 is 0 Å². The third-order valence-electron chi connectivity index (χ3n) is 5.47. The molecule has 1 aliphatic rings. The molecule has 142 valence electrons. The minimum Gasteiger partial charge on any atom is -0.497 e. The molecule has 0 N–H and O–H groups in total. The summed E-state index contributed by atoms with van der Waals surface area (Å²) >= 11 is 1.63. The summed E-state index contributed by atoms with van der Waals surface area (Å²) in [4.78, 5) is 22.5. The Balaban J connectivity index is 1.89. The van der Waals surface area contributed by atoms with Gasteiger partial charge in [0, 0.05) is 16.5 Å². The smallest absolute Gasteiger partial charge is 0.262 e. The van der Waals surface area contributed by atoms with Gasteiger partial charge in [0.25, 0.3) is 5.56 Å². The van der Waals surface area contributed by atoms with E-state index < -0.39 is 0 Å². The summed E-state index contributed by atoms with van der Waals surface area (Å²) in [5.41, 5.74) is 2.14. The van der Waals surface area contributed by atoms with Crippen LogP contribution in [0.2, 0.25) is 0 Å².